The summed E-state index contributed by atoms with van der Waals surface area (Å²) in [7, 11) is 0. The molecule has 0 spiro atoms. The SMILES string of the molecule is Cc1cc(CN2C(=O)C(C)NC(=O)C2C(C)C)no1. The standard InChI is InChI=1S/C13H19N3O3/c1-7(2)11-12(17)14-9(4)13(18)16(11)6-10-5-8(3)19-15-10/h5,7,9,11H,6H2,1-4H3,(H,14,17). The number of aromatic nitrogens is 1. The molecule has 0 bridgehead atoms. The third-order valence-electron chi connectivity index (χ3n) is 3.26. The van der Waals surface area contributed by atoms with Gasteiger partial charge in [-0.1, -0.05) is 19.0 Å². The first-order chi connectivity index (χ1) is 8.90. The molecule has 0 radical (unpaired) electrons. The predicted octanol–water partition coefficient (Wildman–Crippen LogP) is 0.855. The maximum atomic E-state index is 12.2. The minimum atomic E-state index is -0.490. The summed E-state index contributed by atoms with van der Waals surface area (Å²) < 4.78 is 5.00. The number of nitrogens with zero attached hydrogens (tertiary/aromatic N) is 2. The molecule has 1 saturated heterocycles. The maximum absolute atomic E-state index is 12.2. The van der Waals surface area contributed by atoms with Crippen LogP contribution in [0.4, 0.5) is 0 Å². The zero-order chi connectivity index (χ0) is 14.2. The normalized spacial score (nSPS) is 23.9. The second-order valence-corrected chi connectivity index (χ2v) is 5.31. The molecule has 2 amide bonds. The molecule has 6 heteroatoms. The van der Waals surface area contributed by atoms with E-state index in [1.807, 2.05) is 13.8 Å². The number of carbonyl (C=O) groups excluding carboxylic acids is 2. The highest BCUT2D eigenvalue weighted by Gasteiger charge is 2.40. The van der Waals surface area contributed by atoms with Crippen LogP contribution in [0.1, 0.15) is 32.2 Å². The monoisotopic (exact) mass is 265 g/mol. The van der Waals surface area contributed by atoms with Crippen molar-refractivity contribution in [1.29, 1.82) is 0 Å². The summed E-state index contributed by atoms with van der Waals surface area (Å²) in [5.74, 6) is 0.545. The second-order valence-electron chi connectivity index (χ2n) is 5.31. The minimum absolute atomic E-state index is 0.0458. The third kappa shape index (κ3) is 2.62. The molecule has 0 aliphatic carbocycles. The molecule has 6 nitrogen and oxygen atoms in total. The molecule has 2 atom stereocenters. The highest BCUT2D eigenvalue weighted by molar-refractivity contribution is 5.96. The lowest BCUT2D eigenvalue weighted by atomic mass is 9.97. The van der Waals surface area contributed by atoms with Crippen molar-refractivity contribution in [3.8, 4) is 0 Å². The van der Waals surface area contributed by atoms with Gasteiger partial charge in [0.05, 0.1) is 6.54 Å². The van der Waals surface area contributed by atoms with Gasteiger partial charge in [-0.2, -0.15) is 0 Å². The van der Waals surface area contributed by atoms with Crippen LogP contribution < -0.4 is 5.32 Å². The molecule has 1 aliphatic heterocycles. The Morgan fingerprint density at radius 3 is 2.68 bits per heavy atom. The van der Waals surface area contributed by atoms with Gasteiger partial charge in [-0.25, -0.2) is 0 Å². The van der Waals surface area contributed by atoms with Gasteiger partial charge >= 0.3 is 0 Å². The van der Waals surface area contributed by atoms with Gasteiger partial charge in [0.1, 0.15) is 23.5 Å². The first-order valence-corrected chi connectivity index (χ1v) is 6.43. The fourth-order valence-corrected chi connectivity index (χ4v) is 2.39. The first kappa shape index (κ1) is 13.6. The molecule has 1 aromatic heterocycles. The van der Waals surface area contributed by atoms with Gasteiger partial charge in [0.25, 0.3) is 0 Å². The van der Waals surface area contributed by atoms with Crippen molar-refractivity contribution in [3.63, 3.8) is 0 Å². The van der Waals surface area contributed by atoms with E-state index in [2.05, 4.69) is 10.5 Å². The van der Waals surface area contributed by atoms with Gasteiger partial charge in [-0.05, 0) is 19.8 Å². The smallest absolute Gasteiger partial charge is 0.245 e. The third-order valence-corrected chi connectivity index (χ3v) is 3.26. The van der Waals surface area contributed by atoms with Gasteiger partial charge in [-0.15, -0.1) is 0 Å². The molecule has 0 aromatic carbocycles. The lowest BCUT2D eigenvalue weighted by Gasteiger charge is -2.39. The van der Waals surface area contributed by atoms with E-state index in [1.165, 1.54) is 0 Å². The quantitative estimate of drug-likeness (QED) is 0.879. The van der Waals surface area contributed by atoms with Crippen LogP contribution in [0.5, 0.6) is 0 Å². The number of aryl methyl sites for hydroxylation is 1. The lowest BCUT2D eigenvalue weighted by Crippen LogP contribution is -2.63. The summed E-state index contributed by atoms with van der Waals surface area (Å²) in [6.45, 7) is 7.64. The van der Waals surface area contributed by atoms with Gasteiger partial charge in [0.15, 0.2) is 0 Å². The summed E-state index contributed by atoms with van der Waals surface area (Å²) >= 11 is 0. The summed E-state index contributed by atoms with van der Waals surface area (Å²) in [6.07, 6.45) is 0. The molecular weight excluding hydrogens is 246 g/mol. The van der Waals surface area contributed by atoms with Crippen LogP contribution in [0.15, 0.2) is 10.6 Å². The van der Waals surface area contributed by atoms with Gasteiger partial charge in [0, 0.05) is 6.07 Å². The van der Waals surface area contributed by atoms with Crippen molar-refractivity contribution >= 4 is 11.8 Å². The molecule has 104 valence electrons. The number of carbonyl (C=O) groups is 2. The Kier molecular flexibility index (Phi) is 3.59. The largest absolute Gasteiger partial charge is 0.361 e. The Hall–Kier alpha value is -1.85. The molecule has 2 unspecified atom stereocenters. The van der Waals surface area contributed by atoms with Crippen molar-refractivity contribution in [3.05, 3.63) is 17.5 Å². The van der Waals surface area contributed by atoms with Crippen LogP contribution in [0, 0.1) is 12.8 Å². The highest BCUT2D eigenvalue weighted by atomic mass is 16.5. The molecule has 2 rings (SSSR count). The van der Waals surface area contributed by atoms with Crippen LogP contribution in [-0.2, 0) is 16.1 Å². The zero-order valence-electron chi connectivity index (χ0n) is 11.6. The lowest BCUT2D eigenvalue weighted by molar-refractivity contribution is -0.151. The Balaban J connectivity index is 2.25. The predicted molar refractivity (Wildman–Crippen MR) is 68.0 cm³/mol. The van der Waals surface area contributed by atoms with E-state index in [0.29, 0.717) is 18.0 Å². The van der Waals surface area contributed by atoms with Crippen LogP contribution in [0.25, 0.3) is 0 Å². The number of nitrogens with one attached hydrogen (secondary N) is 1. The van der Waals surface area contributed by atoms with Crippen LogP contribution in [0.3, 0.4) is 0 Å². The molecule has 1 fully saturated rings. The highest BCUT2D eigenvalue weighted by Crippen LogP contribution is 2.20. The Morgan fingerprint density at radius 2 is 2.16 bits per heavy atom. The Bertz CT molecular complexity index is 495. The van der Waals surface area contributed by atoms with E-state index >= 15 is 0 Å². The summed E-state index contributed by atoms with van der Waals surface area (Å²) in [5.41, 5.74) is 0.665. The van der Waals surface area contributed by atoms with Crippen LogP contribution in [0.2, 0.25) is 0 Å². The van der Waals surface area contributed by atoms with E-state index in [9.17, 15) is 9.59 Å². The molecule has 19 heavy (non-hydrogen) atoms. The second kappa shape index (κ2) is 5.03. The average Bonchev–Trinajstić information content (AvgIpc) is 2.71. The van der Waals surface area contributed by atoms with Gasteiger partial charge in [-0.3, -0.25) is 9.59 Å². The Morgan fingerprint density at radius 1 is 1.47 bits per heavy atom. The summed E-state index contributed by atoms with van der Waals surface area (Å²) in [6, 6.07) is 0.832. The molecular formula is C13H19N3O3. The number of hydrogen-bond acceptors (Lipinski definition) is 4. The Labute approximate surface area is 112 Å². The number of hydrogen-bond donors (Lipinski definition) is 1. The molecule has 2 heterocycles. The van der Waals surface area contributed by atoms with Gasteiger partial charge in [0.2, 0.25) is 11.8 Å². The van der Waals surface area contributed by atoms with Crippen molar-refractivity contribution in [2.45, 2.75) is 46.3 Å². The number of piperazine rings is 1. The van der Waals surface area contributed by atoms with E-state index < -0.39 is 12.1 Å². The van der Waals surface area contributed by atoms with Crippen LogP contribution in [-0.4, -0.2) is 34.0 Å². The first-order valence-electron chi connectivity index (χ1n) is 6.43. The number of amides is 2. The van der Waals surface area contributed by atoms with Crippen LogP contribution >= 0.6 is 0 Å². The number of rotatable bonds is 3. The van der Waals surface area contributed by atoms with E-state index in [0.717, 1.165) is 0 Å². The molecule has 1 N–H and O–H groups in total. The fraction of sp³-hybridized carbons (Fsp3) is 0.615. The zero-order valence-corrected chi connectivity index (χ0v) is 11.6. The molecule has 0 saturated carbocycles. The van der Waals surface area contributed by atoms with Crippen molar-refractivity contribution in [2.24, 2.45) is 5.92 Å². The minimum Gasteiger partial charge on any atom is -0.361 e. The summed E-state index contributed by atoms with van der Waals surface area (Å²) in [5, 5.41) is 6.59. The fourth-order valence-electron chi connectivity index (χ4n) is 2.39. The van der Waals surface area contributed by atoms with E-state index in [4.69, 9.17) is 4.52 Å². The van der Waals surface area contributed by atoms with Crippen molar-refractivity contribution in [2.75, 3.05) is 0 Å². The average molecular weight is 265 g/mol. The van der Waals surface area contributed by atoms with E-state index in [1.54, 1.807) is 24.8 Å². The van der Waals surface area contributed by atoms with Gasteiger partial charge < -0.3 is 14.7 Å². The summed E-state index contributed by atoms with van der Waals surface area (Å²) in [4.78, 5) is 25.9. The molecule has 1 aliphatic rings. The van der Waals surface area contributed by atoms with Crippen molar-refractivity contribution < 1.29 is 14.1 Å². The molecule has 1 aromatic rings. The van der Waals surface area contributed by atoms with Crippen molar-refractivity contribution in [1.82, 2.24) is 15.4 Å². The maximum Gasteiger partial charge on any atom is 0.245 e. The topological polar surface area (TPSA) is 75.4 Å². The van der Waals surface area contributed by atoms with E-state index in [-0.39, 0.29) is 17.7 Å².